The summed E-state index contributed by atoms with van der Waals surface area (Å²) in [5, 5.41) is 2.57. The fourth-order valence-corrected chi connectivity index (χ4v) is 2.52. The highest BCUT2D eigenvalue weighted by atomic mass is 16.5. The Morgan fingerprint density at radius 3 is 2.33 bits per heavy atom. The van der Waals surface area contributed by atoms with E-state index in [0.29, 0.717) is 5.69 Å². The number of hydrogen-bond acceptors (Lipinski definition) is 5. The molecule has 2 aromatic carbocycles. The van der Waals surface area contributed by atoms with Crippen LogP contribution < -0.4 is 5.32 Å². The number of rotatable bonds is 8. The topological polar surface area (TPSA) is 81.7 Å². The fraction of sp³-hybridized carbons (Fsp3) is 0.286. The number of amides is 1. The molecule has 0 spiro atoms. The first kappa shape index (κ1) is 20.2. The van der Waals surface area contributed by atoms with Gasteiger partial charge < -0.3 is 14.8 Å². The summed E-state index contributed by atoms with van der Waals surface area (Å²) >= 11 is 0. The summed E-state index contributed by atoms with van der Waals surface area (Å²) in [4.78, 5) is 35.9. The van der Waals surface area contributed by atoms with Gasteiger partial charge in [0, 0.05) is 0 Å². The van der Waals surface area contributed by atoms with E-state index in [1.165, 1.54) is 0 Å². The first-order valence-electron chi connectivity index (χ1n) is 8.77. The minimum Gasteiger partial charge on any atom is -0.462 e. The molecule has 1 amide bonds. The zero-order valence-electron chi connectivity index (χ0n) is 15.4. The van der Waals surface area contributed by atoms with Gasteiger partial charge in [0.2, 0.25) is 0 Å². The minimum absolute atomic E-state index is 0.00805. The molecule has 6 heteroatoms. The predicted octanol–water partition coefficient (Wildman–Crippen LogP) is 3.54. The van der Waals surface area contributed by atoms with E-state index in [-0.39, 0.29) is 24.5 Å². The highest BCUT2D eigenvalue weighted by Gasteiger charge is 2.16. The number of esters is 2. The molecule has 0 aromatic heterocycles. The van der Waals surface area contributed by atoms with Crippen LogP contribution in [0.15, 0.2) is 54.6 Å². The third-order valence-corrected chi connectivity index (χ3v) is 3.90. The lowest BCUT2D eigenvalue weighted by Gasteiger charge is -2.12. The molecule has 2 rings (SSSR count). The summed E-state index contributed by atoms with van der Waals surface area (Å²) < 4.78 is 10.0. The molecule has 1 atom stereocenters. The maximum Gasteiger partial charge on any atom is 0.340 e. The second-order valence-electron chi connectivity index (χ2n) is 5.99. The zero-order chi connectivity index (χ0) is 19.6. The van der Waals surface area contributed by atoms with E-state index in [2.05, 4.69) is 5.32 Å². The van der Waals surface area contributed by atoms with Gasteiger partial charge in [-0.25, -0.2) is 4.79 Å². The van der Waals surface area contributed by atoms with E-state index in [1.807, 2.05) is 37.3 Å². The van der Waals surface area contributed by atoms with Crippen LogP contribution in [0.2, 0.25) is 0 Å². The van der Waals surface area contributed by atoms with Gasteiger partial charge in [-0.3, -0.25) is 9.59 Å². The molecule has 2 aromatic rings. The van der Waals surface area contributed by atoms with Crippen molar-refractivity contribution >= 4 is 23.5 Å². The molecule has 0 fully saturated rings. The molecule has 6 nitrogen and oxygen atoms in total. The van der Waals surface area contributed by atoms with Gasteiger partial charge in [-0.2, -0.15) is 0 Å². The Balaban J connectivity index is 1.86. The van der Waals surface area contributed by atoms with Crippen molar-refractivity contribution in [1.82, 2.24) is 0 Å². The van der Waals surface area contributed by atoms with Gasteiger partial charge in [0.05, 0.1) is 24.3 Å². The van der Waals surface area contributed by atoms with Crippen LogP contribution >= 0.6 is 0 Å². The fourth-order valence-electron chi connectivity index (χ4n) is 2.52. The average Bonchev–Trinajstić information content (AvgIpc) is 2.67. The van der Waals surface area contributed by atoms with Gasteiger partial charge in [0.1, 0.15) is 0 Å². The van der Waals surface area contributed by atoms with Crippen LogP contribution in [-0.2, 0) is 19.1 Å². The Morgan fingerprint density at radius 2 is 1.63 bits per heavy atom. The van der Waals surface area contributed by atoms with Crippen molar-refractivity contribution in [3.8, 4) is 0 Å². The summed E-state index contributed by atoms with van der Waals surface area (Å²) in [5.74, 6) is -1.51. The van der Waals surface area contributed by atoms with E-state index >= 15 is 0 Å². The summed E-state index contributed by atoms with van der Waals surface area (Å²) in [6.45, 7) is 3.44. The third kappa shape index (κ3) is 6.26. The quantitative estimate of drug-likeness (QED) is 0.720. The van der Waals surface area contributed by atoms with Crippen LogP contribution in [0.25, 0.3) is 0 Å². The summed E-state index contributed by atoms with van der Waals surface area (Å²) in [7, 11) is 0. The predicted molar refractivity (Wildman–Crippen MR) is 101 cm³/mol. The molecule has 27 heavy (non-hydrogen) atoms. The molecule has 1 N–H and O–H groups in total. The van der Waals surface area contributed by atoms with Crippen LogP contribution in [0.3, 0.4) is 0 Å². The second-order valence-corrected chi connectivity index (χ2v) is 5.99. The van der Waals surface area contributed by atoms with Crippen LogP contribution in [0.4, 0.5) is 5.69 Å². The number of benzene rings is 2. The standard InChI is InChI=1S/C21H23NO5/c1-3-26-21(25)17-11-7-8-12-18(17)22-19(23)14-27-20(24)13-15(2)16-9-5-4-6-10-16/h4-12,15H,3,13-14H2,1-2H3,(H,22,23)/t15-/m1/s1. The number of anilines is 1. The molecule has 0 heterocycles. The van der Waals surface area contributed by atoms with Crippen LogP contribution in [0, 0.1) is 0 Å². The maximum absolute atomic E-state index is 12.1. The molecule has 0 aliphatic carbocycles. The Morgan fingerprint density at radius 1 is 0.963 bits per heavy atom. The van der Waals surface area contributed by atoms with Crippen molar-refractivity contribution in [2.45, 2.75) is 26.2 Å². The van der Waals surface area contributed by atoms with E-state index in [0.717, 1.165) is 5.56 Å². The molecule has 0 saturated heterocycles. The van der Waals surface area contributed by atoms with Gasteiger partial charge in [-0.05, 0) is 30.5 Å². The number of hydrogen-bond donors (Lipinski definition) is 1. The Labute approximate surface area is 158 Å². The van der Waals surface area contributed by atoms with Crippen molar-refractivity contribution in [1.29, 1.82) is 0 Å². The molecule has 0 radical (unpaired) electrons. The third-order valence-electron chi connectivity index (χ3n) is 3.90. The molecule has 142 valence electrons. The maximum atomic E-state index is 12.1. The van der Waals surface area contributed by atoms with E-state index in [4.69, 9.17) is 9.47 Å². The molecular weight excluding hydrogens is 346 g/mol. The van der Waals surface area contributed by atoms with Gasteiger partial charge in [0.25, 0.3) is 5.91 Å². The number of carbonyl (C=O) groups excluding carboxylic acids is 3. The van der Waals surface area contributed by atoms with Gasteiger partial charge in [0.15, 0.2) is 6.61 Å². The van der Waals surface area contributed by atoms with Gasteiger partial charge in [-0.1, -0.05) is 49.4 Å². The largest absolute Gasteiger partial charge is 0.462 e. The lowest BCUT2D eigenvalue weighted by atomic mass is 9.98. The SMILES string of the molecule is CCOC(=O)c1ccccc1NC(=O)COC(=O)C[C@@H](C)c1ccccc1. The highest BCUT2D eigenvalue weighted by molar-refractivity contribution is 6.01. The van der Waals surface area contributed by atoms with E-state index in [9.17, 15) is 14.4 Å². The molecule has 0 aliphatic rings. The molecule has 0 aliphatic heterocycles. The summed E-state index contributed by atoms with van der Waals surface area (Å²) in [5.41, 5.74) is 1.59. The normalized spacial score (nSPS) is 11.3. The highest BCUT2D eigenvalue weighted by Crippen LogP contribution is 2.19. The number of ether oxygens (including phenoxy) is 2. The monoisotopic (exact) mass is 369 g/mol. The lowest BCUT2D eigenvalue weighted by molar-refractivity contribution is -0.147. The summed E-state index contributed by atoms with van der Waals surface area (Å²) in [6.07, 6.45) is 0.177. The molecule has 0 saturated carbocycles. The van der Waals surface area contributed by atoms with Gasteiger partial charge >= 0.3 is 11.9 Å². The van der Waals surface area contributed by atoms with E-state index in [1.54, 1.807) is 31.2 Å². The Kier molecular flexibility index (Phi) is 7.55. The first-order chi connectivity index (χ1) is 13.0. The van der Waals surface area contributed by atoms with Gasteiger partial charge in [-0.15, -0.1) is 0 Å². The van der Waals surface area contributed by atoms with Crippen molar-refractivity contribution in [3.05, 3.63) is 65.7 Å². The van der Waals surface area contributed by atoms with Crippen molar-refractivity contribution in [2.24, 2.45) is 0 Å². The van der Waals surface area contributed by atoms with Crippen molar-refractivity contribution < 1.29 is 23.9 Å². The Bertz CT molecular complexity index is 788. The van der Waals surface area contributed by atoms with Crippen molar-refractivity contribution in [3.63, 3.8) is 0 Å². The minimum atomic E-state index is -0.526. The number of carbonyl (C=O) groups is 3. The Hall–Kier alpha value is -3.15. The molecule has 0 unspecified atom stereocenters. The second kappa shape index (κ2) is 10.1. The van der Waals surface area contributed by atoms with Crippen molar-refractivity contribution in [2.75, 3.05) is 18.5 Å². The first-order valence-corrected chi connectivity index (χ1v) is 8.77. The van der Waals surface area contributed by atoms with Crippen LogP contribution in [0.1, 0.15) is 42.1 Å². The van der Waals surface area contributed by atoms with Crippen LogP contribution in [0.5, 0.6) is 0 Å². The van der Waals surface area contributed by atoms with Crippen LogP contribution in [-0.4, -0.2) is 31.1 Å². The van der Waals surface area contributed by atoms with E-state index < -0.39 is 24.5 Å². The lowest BCUT2D eigenvalue weighted by Crippen LogP contribution is -2.22. The number of para-hydroxylation sites is 1. The summed E-state index contributed by atoms with van der Waals surface area (Å²) in [6, 6.07) is 16.1. The molecule has 0 bridgehead atoms. The smallest absolute Gasteiger partial charge is 0.340 e. The number of nitrogens with one attached hydrogen (secondary N) is 1. The average molecular weight is 369 g/mol. The molecular formula is C21H23NO5. The zero-order valence-corrected chi connectivity index (χ0v) is 15.4.